The maximum atomic E-state index is 13.0. The molecule has 1 aromatic heterocycles. The highest BCUT2D eigenvalue weighted by Gasteiger charge is 2.15. The number of Topliss-reactive ketones (excluding diaryl/α,β-unsaturated/α-hetero) is 1. The fourth-order valence-electron chi connectivity index (χ4n) is 3.24. The highest BCUT2D eigenvalue weighted by Crippen LogP contribution is 2.13. The summed E-state index contributed by atoms with van der Waals surface area (Å²) in [5, 5.41) is 5.42. The summed E-state index contributed by atoms with van der Waals surface area (Å²) in [7, 11) is 0. The predicted octanol–water partition coefficient (Wildman–Crippen LogP) is 2.31. The van der Waals surface area contributed by atoms with Crippen LogP contribution in [0.3, 0.4) is 0 Å². The van der Waals surface area contributed by atoms with Gasteiger partial charge in [-0.2, -0.15) is 0 Å². The Morgan fingerprint density at radius 2 is 1.81 bits per heavy atom. The summed E-state index contributed by atoms with van der Waals surface area (Å²) in [5.74, 6) is -0.676. The van der Waals surface area contributed by atoms with Crippen molar-refractivity contribution in [3.05, 3.63) is 70.1 Å². The maximum absolute atomic E-state index is 13.0. The van der Waals surface area contributed by atoms with E-state index < -0.39 is 11.5 Å². The molecule has 0 unspecified atom stereocenters. The van der Waals surface area contributed by atoms with Crippen molar-refractivity contribution in [1.82, 2.24) is 14.9 Å². The summed E-state index contributed by atoms with van der Waals surface area (Å²) >= 11 is 0. The molecule has 2 N–H and O–H groups in total. The summed E-state index contributed by atoms with van der Waals surface area (Å²) in [6, 6.07) is 13.7. The second-order valence-corrected chi connectivity index (χ2v) is 7.08. The number of carbonyl (C=O) groups excluding carboxylic acids is 3. The zero-order valence-electron chi connectivity index (χ0n) is 17.5. The average Bonchev–Trinajstić information content (AvgIpc) is 2.75. The standard InChI is InChI=1S/C23H24N4O4/c1-3-24-21(29)12-11-19-23(31)27(20-10-5-4-9-18(20)26-19)14-22(30)25-17-8-6-7-16(13-17)15(2)28/h4-10,13H,3,11-12,14H2,1-2H3,(H,24,29)(H,25,30). The molecule has 31 heavy (non-hydrogen) atoms. The van der Waals surface area contributed by atoms with Gasteiger partial charge in [-0.25, -0.2) is 4.98 Å². The number of ketones is 1. The summed E-state index contributed by atoms with van der Waals surface area (Å²) < 4.78 is 1.36. The van der Waals surface area contributed by atoms with E-state index in [0.717, 1.165) is 0 Å². The van der Waals surface area contributed by atoms with Gasteiger partial charge < -0.3 is 10.6 Å². The Bertz CT molecular complexity index is 1200. The number of para-hydroxylation sites is 2. The van der Waals surface area contributed by atoms with Crippen LogP contribution in [0.25, 0.3) is 11.0 Å². The van der Waals surface area contributed by atoms with Crippen molar-refractivity contribution < 1.29 is 14.4 Å². The number of benzene rings is 2. The van der Waals surface area contributed by atoms with E-state index in [4.69, 9.17) is 0 Å². The molecule has 8 nitrogen and oxygen atoms in total. The Morgan fingerprint density at radius 3 is 2.55 bits per heavy atom. The number of rotatable bonds is 8. The van der Waals surface area contributed by atoms with Gasteiger partial charge >= 0.3 is 0 Å². The van der Waals surface area contributed by atoms with E-state index >= 15 is 0 Å². The molecule has 2 amide bonds. The Kier molecular flexibility index (Phi) is 6.92. The van der Waals surface area contributed by atoms with Gasteiger partial charge in [0.25, 0.3) is 5.56 Å². The minimum atomic E-state index is -0.408. The second-order valence-electron chi connectivity index (χ2n) is 7.08. The number of aromatic nitrogens is 2. The third-order valence-electron chi connectivity index (χ3n) is 4.74. The SMILES string of the molecule is CCNC(=O)CCc1nc2ccccc2n(CC(=O)Nc2cccc(C(C)=O)c2)c1=O. The molecule has 2 aromatic carbocycles. The lowest BCUT2D eigenvalue weighted by Crippen LogP contribution is -2.32. The van der Waals surface area contributed by atoms with Gasteiger partial charge in [0.1, 0.15) is 12.2 Å². The molecule has 0 aliphatic carbocycles. The highest BCUT2D eigenvalue weighted by molar-refractivity contribution is 5.97. The van der Waals surface area contributed by atoms with E-state index in [1.165, 1.54) is 11.5 Å². The molecule has 3 rings (SSSR count). The number of amides is 2. The third kappa shape index (κ3) is 5.42. The van der Waals surface area contributed by atoms with Crippen LogP contribution >= 0.6 is 0 Å². The first-order chi connectivity index (χ1) is 14.9. The lowest BCUT2D eigenvalue weighted by molar-refractivity contribution is -0.121. The van der Waals surface area contributed by atoms with Crippen LogP contribution in [0.4, 0.5) is 5.69 Å². The van der Waals surface area contributed by atoms with Gasteiger partial charge in [0.2, 0.25) is 11.8 Å². The zero-order valence-corrected chi connectivity index (χ0v) is 17.5. The van der Waals surface area contributed by atoms with Crippen molar-refractivity contribution in [2.24, 2.45) is 0 Å². The largest absolute Gasteiger partial charge is 0.356 e. The molecule has 0 atom stereocenters. The quantitative estimate of drug-likeness (QED) is 0.544. The first-order valence-corrected chi connectivity index (χ1v) is 10.0. The van der Waals surface area contributed by atoms with E-state index in [-0.39, 0.29) is 36.8 Å². The molecule has 0 radical (unpaired) electrons. The van der Waals surface area contributed by atoms with E-state index in [2.05, 4.69) is 15.6 Å². The minimum absolute atomic E-state index is 0.107. The van der Waals surface area contributed by atoms with Crippen LogP contribution in [0.2, 0.25) is 0 Å². The van der Waals surface area contributed by atoms with E-state index in [1.54, 1.807) is 48.5 Å². The molecule has 3 aromatic rings. The molecule has 8 heteroatoms. The molecule has 0 spiro atoms. The molecule has 160 valence electrons. The highest BCUT2D eigenvalue weighted by atomic mass is 16.2. The molecule has 0 bridgehead atoms. The van der Waals surface area contributed by atoms with Crippen LogP contribution in [-0.4, -0.2) is 33.7 Å². The van der Waals surface area contributed by atoms with Crippen LogP contribution in [0.15, 0.2) is 53.3 Å². The number of anilines is 1. The van der Waals surface area contributed by atoms with Crippen LogP contribution in [-0.2, 0) is 22.6 Å². The van der Waals surface area contributed by atoms with E-state index in [0.29, 0.717) is 28.8 Å². The fourth-order valence-corrected chi connectivity index (χ4v) is 3.24. The van der Waals surface area contributed by atoms with Crippen LogP contribution in [0.5, 0.6) is 0 Å². The molecule has 0 aliphatic rings. The number of hydrogen-bond acceptors (Lipinski definition) is 5. The molecule has 0 aliphatic heterocycles. The molecule has 1 heterocycles. The molecular weight excluding hydrogens is 396 g/mol. The zero-order chi connectivity index (χ0) is 22.4. The van der Waals surface area contributed by atoms with Crippen LogP contribution < -0.4 is 16.2 Å². The summed E-state index contributed by atoms with van der Waals surface area (Å²) in [5.41, 5.74) is 1.88. The van der Waals surface area contributed by atoms with Crippen molar-refractivity contribution in [1.29, 1.82) is 0 Å². The second kappa shape index (κ2) is 9.80. The Morgan fingerprint density at radius 1 is 1.03 bits per heavy atom. The van der Waals surface area contributed by atoms with Crippen LogP contribution in [0.1, 0.15) is 36.3 Å². The molecule has 0 fully saturated rings. The molecule has 0 saturated carbocycles. The van der Waals surface area contributed by atoms with E-state index in [1.807, 2.05) is 6.92 Å². The third-order valence-corrected chi connectivity index (χ3v) is 4.74. The Labute approximate surface area is 179 Å². The lowest BCUT2D eigenvalue weighted by atomic mass is 10.1. The van der Waals surface area contributed by atoms with Gasteiger partial charge in [0.15, 0.2) is 5.78 Å². The smallest absolute Gasteiger partial charge is 0.273 e. The van der Waals surface area contributed by atoms with Gasteiger partial charge in [-0.1, -0.05) is 24.3 Å². The van der Waals surface area contributed by atoms with Crippen molar-refractivity contribution in [2.75, 3.05) is 11.9 Å². The normalized spacial score (nSPS) is 10.6. The first kappa shape index (κ1) is 21.9. The van der Waals surface area contributed by atoms with E-state index in [9.17, 15) is 19.2 Å². The average molecular weight is 420 g/mol. The summed E-state index contributed by atoms with van der Waals surface area (Å²) in [4.78, 5) is 53.5. The minimum Gasteiger partial charge on any atom is -0.356 e. The Hall–Kier alpha value is -3.81. The van der Waals surface area contributed by atoms with Gasteiger partial charge in [-0.05, 0) is 38.1 Å². The number of nitrogens with zero attached hydrogens (tertiary/aromatic N) is 2. The van der Waals surface area contributed by atoms with Gasteiger partial charge in [-0.3, -0.25) is 23.7 Å². The van der Waals surface area contributed by atoms with Crippen molar-refractivity contribution >= 4 is 34.3 Å². The number of hydrogen-bond donors (Lipinski definition) is 2. The molecule has 0 saturated heterocycles. The first-order valence-electron chi connectivity index (χ1n) is 10.0. The summed E-state index contributed by atoms with van der Waals surface area (Å²) in [6.07, 6.45) is 0.316. The summed E-state index contributed by atoms with van der Waals surface area (Å²) in [6.45, 7) is 3.56. The lowest BCUT2D eigenvalue weighted by Gasteiger charge is -2.13. The number of nitrogens with one attached hydrogen (secondary N) is 2. The number of fused-ring (bicyclic) bond motifs is 1. The van der Waals surface area contributed by atoms with Crippen molar-refractivity contribution in [2.45, 2.75) is 33.2 Å². The van der Waals surface area contributed by atoms with Crippen molar-refractivity contribution in [3.8, 4) is 0 Å². The number of carbonyl (C=O) groups is 3. The van der Waals surface area contributed by atoms with Gasteiger partial charge in [-0.15, -0.1) is 0 Å². The van der Waals surface area contributed by atoms with Gasteiger partial charge in [0, 0.05) is 30.6 Å². The number of aryl methyl sites for hydroxylation is 1. The fraction of sp³-hybridized carbons (Fsp3) is 0.261. The predicted molar refractivity (Wildman–Crippen MR) is 118 cm³/mol. The topological polar surface area (TPSA) is 110 Å². The maximum Gasteiger partial charge on any atom is 0.273 e. The monoisotopic (exact) mass is 420 g/mol. The van der Waals surface area contributed by atoms with Gasteiger partial charge in [0.05, 0.1) is 11.0 Å². The molecular formula is C23H24N4O4. The van der Waals surface area contributed by atoms with Crippen molar-refractivity contribution in [3.63, 3.8) is 0 Å². The van der Waals surface area contributed by atoms with Crippen LogP contribution in [0, 0.1) is 0 Å². The Balaban J connectivity index is 1.88.